The molecule has 1 heterocycles. The van der Waals surface area contributed by atoms with Gasteiger partial charge in [0.25, 0.3) is 0 Å². The zero-order valence-electron chi connectivity index (χ0n) is 10.1. The Kier molecular flexibility index (Phi) is 2.78. The van der Waals surface area contributed by atoms with Crippen molar-refractivity contribution in [2.45, 2.75) is 26.2 Å². The molecule has 1 aromatic heterocycles. The predicted octanol–water partition coefficient (Wildman–Crippen LogP) is 3.26. The van der Waals surface area contributed by atoms with E-state index in [0.717, 1.165) is 0 Å². The molecule has 0 atom stereocenters. The molecule has 0 saturated heterocycles. The summed E-state index contributed by atoms with van der Waals surface area (Å²) in [7, 11) is 0. The summed E-state index contributed by atoms with van der Waals surface area (Å²) < 4.78 is 2.13. The second kappa shape index (κ2) is 4.09. The number of hydrogen-bond donors (Lipinski definition) is 0. The van der Waals surface area contributed by atoms with Gasteiger partial charge in [0.2, 0.25) is 5.69 Å². The Morgan fingerprint density at radius 3 is 1.88 bits per heavy atom. The molecule has 0 amide bonds. The highest BCUT2D eigenvalue weighted by molar-refractivity contribution is 5.23. The van der Waals surface area contributed by atoms with Crippen LogP contribution in [0.15, 0.2) is 54.9 Å². The van der Waals surface area contributed by atoms with E-state index in [0.29, 0.717) is 0 Å². The van der Waals surface area contributed by atoms with Crippen LogP contribution >= 0.6 is 0 Å². The predicted molar refractivity (Wildman–Crippen MR) is 66.7 cm³/mol. The summed E-state index contributed by atoms with van der Waals surface area (Å²) in [6.45, 7) is 6.69. The van der Waals surface area contributed by atoms with Gasteiger partial charge >= 0.3 is 0 Å². The van der Waals surface area contributed by atoms with Crippen molar-refractivity contribution in [1.29, 1.82) is 0 Å². The number of aromatic nitrogens is 1. The molecule has 0 aliphatic heterocycles. The van der Waals surface area contributed by atoms with Crippen molar-refractivity contribution in [1.82, 2.24) is 0 Å². The van der Waals surface area contributed by atoms with E-state index in [1.165, 1.54) is 11.3 Å². The van der Waals surface area contributed by atoms with E-state index in [-0.39, 0.29) is 5.41 Å². The standard InChI is InChI=1S/C15H18N/c1-15(2,3)13-9-11-16(12-10-13)14-7-5-4-6-8-14/h4-12H,1-3H3/q+1. The van der Waals surface area contributed by atoms with Crippen LogP contribution in [0.5, 0.6) is 0 Å². The molecule has 2 aromatic rings. The van der Waals surface area contributed by atoms with Gasteiger partial charge in [-0.3, -0.25) is 0 Å². The van der Waals surface area contributed by atoms with Gasteiger partial charge in [0.15, 0.2) is 12.4 Å². The van der Waals surface area contributed by atoms with Gasteiger partial charge in [-0.1, -0.05) is 39.0 Å². The molecule has 0 unspecified atom stereocenters. The molecule has 0 fully saturated rings. The maximum Gasteiger partial charge on any atom is 0.210 e. The maximum absolute atomic E-state index is 2.23. The molecular formula is C15H18N+. The highest BCUT2D eigenvalue weighted by Crippen LogP contribution is 2.20. The third-order valence-electron chi connectivity index (χ3n) is 2.75. The molecule has 1 aromatic carbocycles. The highest BCUT2D eigenvalue weighted by Gasteiger charge is 2.15. The van der Waals surface area contributed by atoms with Crippen molar-refractivity contribution in [3.8, 4) is 5.69 Å². The van der Waals surface area contributed by atoms with Crippen LogP contribution in [0.4, 0.5) is 0 Å². The minimum atomic E-state index is 0.218. The summed E-state index contributed by atoms with van der Waals surface area (Å²) in [4.78, 5) is 0. The number of benzene rings is 1. The fourth-order valence-electron chi connectivity index (χ4n) is 1.70. The number of nitrogens with zero attached hydrogens (tertiary/aromatic N) is 1. The first-order valence-corrected chi connectivity index (χ1v) is 5.64. The molecule has 1 heteroatoms. The Morgan fingerprint density at radius 1 is 0.812 bits per heavy atom. The molecule has 16 heavy (non-hydrogen) atoms. The van der Waals surface area contributed by atoms with Gasteiger partial charge in [-0.2, -0.15) is 4.57 Å². The smallest absolute Gasteiger partial charge is 0.167 e. The molecule has 0 radical (unpaired) electrons. The number of hydrogen-bond acceptors (Lipinski definition) is 0. The average molecular weight is 212 g/mol. The lowest BCUT2D eigenvalue weighted by Crippen LogP contribution is -2.30. The van der Waals surface area contributed by atoms with E-state index in [1.807, 2.05) is 6.07 Å². The van der Waals surface area contributed by atoms with E-state index in [4.69, 9.17) is 0 Å². The molecule has 2 rings (SSSR count). The van der Waals surface area contributed by atoms with E-state index >= 15 is 0 Å². The largest absolute Gasteiger partial charge is 0.210 e. The normalized spacial score (nSPS) is 11.4. The monoisotopic (exact) mass is 212 g/mol. The summed E-state index contributed by atoms with van der Waals surface area (Å²) in [5, 5.41) is 0. The first kappa shape index (κ1) is 10.9. The summed E-state index contributed by atoms with van der Waals surface area (Å²) in [5.41, 5.74) is 2.78. The minimum Gasteiger partial charge on any atom is -0.167 e. The second-order valence-corrected chi connectivity index (χ2v) is 5.08. The van der Waals surface area contributed by atoms with Gasteiger partial charge in [-0.25, -0.2) is 0 Å². The van der Waals surface area contributed by atoms with E-state index in [9.17, 15) is 0 Å². The highest BCUT2D eigenvalue weighted by atomic mass is 14.9. The summed E-state index contributed by atoms with van der Waals surface area (Å²) in [5.74, 6) is 0. The lowest BCUT2D eigenvalue weighted by atomic mass is 9.88. The Morgan fingerprint density at radius 2 is 1.38 bits per heavy atom. The summed E-state index contributed by atoms with van der Waals surface area (Å²) >= 11 is 0. The topological polar surface area (TPSA) is 3.88 Å². The fourth-order valence-corrected chi connectivity index (χ4v) is 1.70. The van der Waals surface area contributed by atoms with Crippen molar-refractivity contribution in [3.05, 3.63) is 60.4 Å². The molecule has 0 N–H and O–H groups in total. The van der Waals surface area contributed by atoms with Crippen LogP contribution in [0, 0.1) is 0 Å². The first-order valence-electron chi connectivity index (χ1n) is 5.64. The molecule has 0 bridgehead atoms. The number of para-hydroxylation sites is 1. The van der Waals surface area contributed by atoms with Crippen molar-refractivity contribution < 1.29 is 4.57 Å². The van der Waals surface area contributed by atoms with Crippen molar-refractivity contribution >= 4 is 0 Å². The lowest BCUT2D eigenvalue weighted by Gasteiger charge is -2.17. The summed E-state index contributed by atoms with van der Waals surface area (Å²) in [6, 6.07) is 14.7. The van der Waals surface area contributed by atoms with Crippen molar-refractivity contribution in [2.75, 3.05) is 0 Å². The molecule has 0 saturated carbocycles. The lowest BCUT2D eigenvalue weighted by molar-refractivity contribution is -0.595. The summed E-state index contributed by atoms with van der Waals surface area (Å²) in [6.07, 6.45) is 4.24. The SMILES string of the molecule is CC(C)(C)c1cc[n+](-c2ccccc2)cc1. The maximum atomic E-state index is 2.23. The van der Waals surface area contributed by atoms with Gasteiger partial charge in [0.05, 0.1) is 0 Å². The Bertz CT molecular complexity index is 449. The minimum absolute atomic E-state index is 0.218. The molecular weight excluding hydrogens is 194 g/mol. The van der Waals surface area contributed by atoms with Gasteiger partial charge in [0, 0.05) is 24.3 Å². The quantitative estimate of drug-likeness (QED) is 0.639. The Balaban J connectivity index is 2.34. The first-order chi connectivity index (χ1) is 7.57. The van der Waals surface area contributed by atoms with Crippen LogP contribution in [-0.4, -0.2) is 0 Å². The third-order valence-corrected chi connectivity index (χ3v) is 2.75. The molecule has 0 aliphatic carbocycles. The van der Waals surface area contributed by atoms with Gasteiger partial charge in [-0.15, -0.1) is 0 Å². The van der Waals surface area contributed by atoms with Crippen molar-refractivity contribution in [3.63, 3.8) is 0 Å². The second-order valence-electron chi connectivity index (χ2n) is 5.08. The molecule has 0 aliphatic rings. The Hall–Kier alpha value is -1.63. The Labute approximate surface area is 97.4 Å². The fraction of sp³-hybridized carbons (Fsp3) is 0.267. The average Bonchev–Trinajstić information content (AvgIpc) is 2.29. The zero-order chi connectivity index (χ0) is 11.6. The van der Waals surface area contributed by atoms with Gasteiger partial charge in [-0.05, 0) is 11.0 Å². The van der Waals surface area contributed by atoms with E-state index in [1.54, 1.807) is 0 Å². The van der Waals surface area contributed by atoms with E-state index < -0.39 is 0 Å². The van der Waals surface area contributed by atoms with Gasteiger partial charge < -0.3 is 0 Å². The zero-order valence-corrected chi connectivity index (χ0v) is 10.1. The van der Waals surface area contributed by atoms with Crippen LogP contribution in [0.2, 0.25) is 0 Å². The number of rotatable bonds is 1. The van der Waals surface area contributed by atoms with Crippen LogP contribution in [0.1, 0.15) is 26.3 Å². The van der Waals surface area contributed by atoms with Gasteiger partial charge in [0.1, 0.15) is 0 Å². The van der Waals surface area contributed by atoms with Crippen LogP contribution in [-0.2, 0) is 5.41 Å². The molecule has 0 spiro atoms. The third kappa shape index (κ3) is 2.30. The van der Waals surface area contributed by atoms with Crippen molar-refractivity contribution in [2.24, 2.45) is 0 Å². The molecule has 82 valence electrons. The van der Waals surface area contributed by atoms with Crippen LogP contribution < -0.4 is 4.57 Å². The van der Waals surface area contributed by atoms with Crippen LogP contribution in [0.25, 0.3) is 5.69 Å². The number of pyridine rings is 1. The van der Waals surface area contributed by atoms with Crippen LogP contribution in [0.3, 0.4) is 0 Å². The molecule has 1 nitrogen and oxygen atoms in total. The van der Waals surface area contributed by atoms with E-state index in [2.05, 4.69) is 74.1 Å².